The molecule has 0 saturated carbocycles. The SMILES string of the molecule is CN(C)CC/C(C(N)=O)=C(/Cc1ccccc1)c1cccc2c1CCN(C)C2. The first-order valence-electron chi connectivity index (χ1n) is 9.96. The van der Waals surface area contributed by atoms with Crippen LogP contribution < -0.4 is 5.73 Å². The van der Waals surface area contributed by atoms with Gasteiger partial charge in [0, 0.05) is 25.2 Å². The van der Waals surface area contributed by atoms with Crippen molar-refractivity contribution in [3.8, 4) is 0 Å². The number of carbonyl (C=O) groups excluding carboxylic acids is 1. The van der Waals surface area contributed by atoms with Crippen LogP contribution in [0, 0.1) is 0 Å². The number of hydrogen-bond donors (Lipinski definition) is 1. The van der Waals surface area contributed by atoms with Gasteiger partial charge in [0.1, 0.15) is 0 Å². The molecule has 4 heteroatoms. The molecule has 0 atom stereocenters. The molecule has 3 rings (SSSR count). The molecular weight excluding hydrogens is 346 g/mol. The van der Waals surface area contributed by atoms with Gasteiger partial charge in [-0.2, -0.15) is 0 Å². The predicted octanol–water partition coefficient (Wildman–Crippen LogP) is 3.11. The van der Waals surface area contributed by atoms with Crippen LogP contribution in [0.2, 0.25) is 0 Å². The second kappa shape index (κ2) is 9.18. The molecule has 0 aromatic heterocycles. The largest absolute Gasteiger partial charge is 0.366 e. The molecule has 28 heavy (non-hydrogen) atoms. The molecule has 1 aliphatic heterocycles. The van der Waals surface area contributed by atoms with Crippen molar-refractivity contribution in [1.29, 1.82) is 0 Å². The highest BCUT2D eigenvalue weighted by Crippen LogP contribution is 2.32. The van der Waals surface area contributed by atoms with Crippen LogP contribution >= 0.6 is 0 Å². The average Bonchev–Trinajstić information content (AvgIpc) is 2.67. The van der Waals surface area contributed by atoms with E-state index in [-0.39, 0.29) is 5.91 Å². The lowest BCUT2D eigenvalue weighted by atomic mass is 9.85. The topological polar surface area (TPSA) is 49.6 Å². The third-order valence-electron chi connectivity index (χ3n) is 5.48. The van der Waals surface area contributed by atoms with Crippen LogP contribution in [0.4, 0.5) is 0 Å². The maximum Gasteiger partial charge on any atom is 0.244 e. The van der Waals surface area contributed by atoms with E-state index in [1.165, 1.54) is 22.3 Å². The van der Waals surface area contributed by atoms with Gasteiger partial charge in [0.05, 0.1) is 0 Å². The summed E-state index contributed by atoms with van der Waals surface area (Å²) in [6.07, 6.45) is 2.38. The Bertz CT molecular complexity index is 855. The highest BCUT2D eigenvalue weighted by atomic mass is 16.1. The lowest BCUT2D eigenvalue weighted by Crippen LogP contribution is -2.27. The van der Waals surface area contributed by atoms with Crippen LogP contribution in [0.1, 0.15) is 28.7 Å². The highest BCUT2D eigenvalue weighted by molar-refractivity contribution is 6.01. The van der Waals surface area contributed by atoms with Crippen molar-refractivity contribution < 1.29 is 4.79 Å². The van der Waals surface area contributed by atoms with E-state index >= 15 is 0 Å². The highest BCUT2D eigenvalue weighted by Gasteiger charge is 2.22. The number of amides is 1. The van der Waals surface area contributed by atoms with E-state index in [1.54, 1.807) is 0 Å². The summed E-state index contributed by atoms with van der Waals surface area (Å²) in [5.41, 5.74) is 12.9. The number of nitrogens with two attached hydrogens (primary N) is 1. The Kier molecular flexibility index (Phi) is 6.65. The normalized spacial score (nSPS) is 15.3. The number of likely N-dealkylation sites (N-methyl/N-ethyl adjacent to an activating group) is 1. The number of fused-ring (bicyclic) bond motifs is 1. The smallest absolute Gasteiger partial charge is 0.244 e. The molecule has 0 bridgehead atoms. The molecule has 1 heterocycles. The monoisotopic (exact) mass is 377 g/mol. The summed E-state index contributed by atoms with van der Waals surface area (Å²) in [6.45, 7) is 2.78. The van der Waals surface area contributed by atoms with Crippen LogP contribution in [0.3, 0.4) is 0 Å². The molecule has 4 nitrogen and oxygen atoms in total. The lowest BCUT2D eigenvalue weighted by Gasteiger charge is -2.28. The van der Waals surface area contributed by atoms with E-state index in [1.807, 2.05) is 32.3 Å². The number of hydrogen-bond acceptors (Lipinski definition) is 3. The van der Waals surface area contributed by atoms with E-state index in [4.69, 9.17) is 5.73 Å². The number of benzene rings is 2. The van der Waals surface area contributed by atoms with E-state index < -0.39 is 0 Å². The number of carbonyl (C=O) groups is 1. The number of nitrogens with zero attached hydrogens (tertiary/aromatic N) is 2. The molecule has 0 fully saturated rings. The zero-order valence-corrected chi connectivity index (χ0v) is 17.2. The second-order valence-electron chi connectivity index (χ2n) is 7.97. The molecule has 2 aromatic carbocycles. The first kappa shape index (κ1) is 20.3. The molecule has 148 valence electrons. The quantitative estimate of drug-likeness (QED) is 0.755. The molecule has 2 aromatic rings. The van der Waals surface area contributed by atoms with Gasteiger partial charge >= 0.3 is 0 Å². The van der Waals surface area contributed by atoms with E-state index in [0.717, 1.165) is 43.6 Å². The minimum Gasteiger partial charge on any atom is -0.366 e. The second-order valence-corrected chi connectivity index (χ2v) is 7.97. The third kappa shape index (κ3) is 4.89. The van der Waals surface area contributed by atoms with Gasteiger partial charge in [0.2, 0.25) is 5.91 Å². The maximum atomic E-state index is 12.5. The van der Waals surface area contributed by atoms with Gasteiger partial charge in [-0.3, -0.25) is 4.79 Å². The Labute approximate surface area is 168 Å². The van der Waals surface area contributed by atoms with E-state index in [0.29, 0.717) is 6.42 Å². The predicted molar refractivity (Wildman–Crippen MR) is 116 cm³/mol. The third-order valence-corrected chi connectivity index (χ3v) is 5.48. The van der Waals surface area contributed by atoms with Gasteiger partial charge in [0.15, 0.2) is 0 Å². The molecule has 0 unspecified atom stereocenters. The first-order chi connectivity index (χ1) is 13.5. The standard InChI is InChI=1S/C24H31N3O/c1-26(2)14-12-22(24(25)28)23(16-18-8-5-4-6-9-18)21-11-7-10-19-17-27(3)15-13-20(19)21/h4-11H,12-17H2,1-3H3,(H2,25,28)/b23-22+. The Morgan fingerprint density at radius 1 is 1.11 bits per heavy atom. The Morgan fingerprint density at radius 3 is 2.54 bits per heavy atom. The van der Waals surface area contributed by atoms with Crippen LogP contribution in [-0.4, -0.2) is 49.9 Å². The first-order valence-corrected chi connectivity index (χ1v) is 9.96. The van der Waals surface area contributed by atoms with Crippen LogP contribution in [0.25, 0.3) is 5.57 Å². The van der Waals surface area contributed by atoms with Gasteiger partial charge in [-0.05, 0) is 68.2 Å². The summed E-state index contributed by atoms with van der Waals surface area (Å²) >= 11 is 0. The Morgan fingerprint density at radius 2 is 1.86 bits per heavy atom. The van der Waals surface area contributed by atoms with Crippen LogP contribution in [0.5, 0.6) is 0 Å². The minimum absolute atomic E-state index is 0.307. The summed E-state index contributed by atoms with van der Waals surface area (Å²) < 4.78 is 0. The molecule has 1 aliphatic rings. The van der Waals surface area contributed by atoms with Crippen LogP contribution in [0.15, 0.2) is 54.1 Å². The summed E-state index contributed by atoms with van der Waals surface area (Å²) in [5.74, 6) is -0.307. The fourth-order valence-corrected chi connectivity index (χ4v) is 3.96. The molecule has 0 aliphatic carbocycles. The summed E-state index contributed by atoms with van der Waals surface area (Å²) in [7, 11) is 6.20. The van der Waals surface area contributed by atoms with Crippen molar-refractivity contribution in [2.45, 2.75) is 25.8 Å². The summed E-state index contributed by atoms with van der Waals surface area (Å²) in [4.78, 5) is 16.9. The van der Waals surface area contributed by atoms with Crippen molar-refractivity contribution >= 4 is 11.5 Å². The van der Waals surface area contributed by atoms with Gasteiger partial charge in [-0.25, -0.2) is 0 Å². The number of allylic oxidation sites excluding steroid dienone is 1. The zero-order valence-electron chi connectivity index (χ0n) is 17.2. The Balaban J connectivity index is 2.12. The van der Waals surface area contributed by atoms with Crippen molar-refractivity contribution in [1.82, 2.24) is 9.80 Å². The minimum atomic E-state index is -0.307. The molecule has 0 spiro atoms. The van der Waals surface area contributed by atoms with E-state index in [9.17, 15) is 4.79 Å². The maximum absolute atomic E-state index is 12.5. The van der Waals surface area contributed by atoms with Gasteiger partial charge in [0.25, 0.3) is 0 Å². The van der Waals surface area contributed by atoms with Crippen molar-refractivity contribution in [3.05, 3.63) is 76.4 Å². The number of primary amides is 1. The fraction of sp³-hybridized carbons (Fsp3) is 0.375. The Hall–Kier alpha value is -2.43. The van der Waals surface area contributed by atoms with Gasteiger partial charge in [-0.15, -0.1) is 0 Å². The molecule has 2 N–H and O–H groups in total. The zero-order chi connectivity index (χ0) is 20.1. The molecular formula is C24H31N3O. The van der Waals surface area contributed by atoms with Crippen molar-refractivity contribution in [2.75, 3.05) is 34.2 Å². The fourth-order valence-electron chi connectivity index (χ4n) is 3.96. The summed E-state index contributed by atoms with van der Waals surface area (Å²) in [5, 5.41) is 0. The van der Waals surface area contributed by atoms with Gasteiger partial charge in [-0.1, -0.05) is 48.5 Å². The van der Waals surface area contributed by atoms with E-state index in [2.05, 4.69) is 47.2 Å². The van der Waals surface area contributed by atoms with Gasteiger partial charge < -0.3 is 15.5 Å². The van der Waals surface area contributed by atoms with Crippen LogP contribution in [-0.2, 0) is 24.2 Å². The summed E-state index contributed by atoms with van der Waals surface area (Å²) in [6, 6.07) is 16.8. The number of rotatable bonds is 7. The molecule has 0 radical (unpaired) electrons. The van der Waals surface area contributed by atoms with Crippen molar-refractivity contribution in [2.24, 2.45) is 5.73 Å². The van der Waals surface area contributed by atoms with Crippen molar-refractivity contribution in [3.63, 3.8) is 0 Å². The average molecular weight is 378 g/mol. The molecule has 1 amide bonds. The lowest BCUT2D eigenvalue weighted by molar-refractivity contribution is -0.114. The molecule has 0 saturated heterocycles.